The first kappa shape index (κ1) is 40.5. The van der Waals surface area contributed by atoms with E-state index in [9.17, 15) is 0 Å². The summed E-state index contributed by atoms with van der Waals surface area (Å²) < 4.78 is 0. The quantitative estimate of drug-likeness (QED) is 0.154. The molecule has 70 heavy (non-hydrogen) atoms. The van der Waals surface area contributed by atoms with Gasteiger partial charge in [0.2, 0.25) is 0 Å². The van der Waals surface area contributed by atoms with Gasteiger partial charge in [-0.25, -0.2) is 0 Å². The highest BCUT2D eigenvalue weighted by molar-refractivity contribution is 6.06. The van der Waals surface area contributed by atoms with Crippen LogP contribution in [0.4, 0.5) is 17.1 Å². The second-order valence-corrected chi connectivity index (χ2v) is 19.9. The van der Waals surface area contributed by atoms with Crippen molar-refractivity contribution in [3.63, 3.8) is 0 Å². The van der Waals surface area contributed by atoms with Crippen LogP contribution in [0.3, 0.4) is 0 Å². The predicted octanol–water partition coefficient (Wildman–Crippen LogP) is 17.3. The fourth-order valence-corrected chi connectivity index (χ4v) is 13.4. The molecule has 14 rings (SSSR count). The molecule has 11 aromatic rings. The van der Waals surface area contributed by atoms with E-state index in [2.05, 4.69) is 280 Å². The minimum Gasteiger partial charge on any atom is -0.310 e. The molecule has 3 aliphatic carbocycles. The molecule has 0 saturated heterocycles. The van der Waals surface area contributed by atoms with Gasteiger partial charge < -0.3 is 4.90 Å². The maximum Gasteiger partial charge on any atom is 0.0714 e. The summed E-state index contributed by atoms with van der Waals surface area (Å²) in [4.78, 5) is 2.61. The number of nitrogens with zero attached hydrogens (tertiary/aromatic N) is 1. The van der Waals surface area contributed by atoms with E-state index in [4.69, 9.17) is 0 Å². The van der Waals surface area contributed by atoms with Gasteiger partial charge in [-0.05, 0) is 125 Å². The molecule has 0 saturated carbocycles. The van der Waals surface area contributed by atoms with Crippen LogP contribution in [0.1, 0.15) is 69.5 Å². The Labute approximate surface area is 410 Å². The van der Waals surface area contributed by atoms with Gasteiger partial charge in [0.15, 0.2) is 0 Å². The van der Waals surface area contributed by atoms with E-state index < -0.39 is 10.8 Å². The molecule has 11 aromatic carbocycles. The lowest BCUT2D eigenvalue weighted by Crippen LogP contribution is -2.29. The first-order valence-electron chi connectivity index (χ1n) is 24.7. The fraction of sp³-hybridized carbons (Fsp3) is 0.0725. The smallest absolute Gasteiger partial charge is 0.0714 e. The molecule has 0 aromatic heterocycles. The zero-order chi connectivity index (χ0) is 46.6. The van der Waals surface area contributed by atoms with Gasteiger partial charge in [0.25, 0.3) is 0 Å². The van der Waals surface area contributed by atoms with E-state index in [0.717, 1.165) is 11.4 Å². The molecule has 3 aliphatic rings. The molecule has 0 atom stereocenters. The normalized spacial score (nSPS) is 14.8. The van der Waals surface area contributed by atoms with Crippen LogP contribution in [-0.4, -0.2) is 0 Å². The third-order valence-electron chi connectivity index (χ3n) is 16.2. The minimum atomic E-state index is -0.564. The Morgan fingerprint density at radius 2 is 0.671 bits per heavy atom. The van der Waals surface area contributed by atoms with E-state index in [1.807, 2.05) is 0 Å². The molecular formula is C69H49N. The van der Waals surface area contributed by atoms with E-state index in [1.54, 1.807) is 0 Å². The summed E-state index contributed by atoms with van der Waals surface area (Å²) in [6, 6.07) is 98.2. The zero-order valence-corrected chi connectivity index (χ0v) is 39.3. The van der Waals surface area contributed by atoms with Gasteiger partial charge in [0, 0.05) is 22.4 Å². The summed E-state index contributed by atoms with van der Waals surface area (Å²) in [6.07, 6.45) is 0. The van der Waals surface area contributed by atoms with Crippen molar-refractivity contribution in [3.8, 4) is 33.4 Å². The highest BCUT2D eigenvalue weighted by Crippen LogP contribution is 2.62. The minimum absolute atomic E-state index is 0.238. The van der Waals surface area contributed by atoms with Crippen molar-refractivity contribution < 1.29 is 0 Å². The van der Waals surface area contributed by atoms with Crippen molar-refractivity contribution in [2.75, 3.05) is 4.90 Å². The lowest BCUT2D eigenvalue weighted by molar-refractivity contribution is 0.666. The summed E-state index contributed by atoms with van der Waals surface area (Å²) in [7, 11) is 0. The van der Waals surface area contributed by atoms with Crippen LogP contribution in [0.15, 0.2) is 261 Å². The maximum absolute atomic E-state index is 2.61. The van der Waals surface area contributed by atoms with Gasteiger partial charge in [-0.15, -0.1) is 0 Å². The van der Waals surface area contributed by atoms with Crippen molar-refractivity contribution in [1.29, 1.82) is 0 Å². The second kappa shape index (κ2) is 15.2. The van der Waals surface area contributed by atoms with Gasteiger partial charge in [-0.1, -0.05) is 244 Å². The van der Waals surface area contributed by atoms with E-state index >= 15 is 0 Å². The molecule has 1 nitrogen and oxygen atoms in total. The number of anilines is 3. The molecule has 0 spiro atoms. The van der Waals surface area contributed by atoms with Crippen LogP contribution in [0.25, 0.3) is 44.2 Å². The maximum atomic E-state index is 2.61. The van der Waals surface area contributed by atoms with Crippen LogP contribution >= 0.6 is 0 Å². The third-order valence-corrected chi connectivity index (χ3v) is 16.2. The van der Waals surface area contributed by atoms with E-state index in [0.29, 0.717) is 0 Å². The summed E-state index contributed by atoms with van der Waals surface area (Å²) in [5, 5.41) is 2.53. The van der Waals surface area contributed by atoms with Crippen LogP contribution < -0.4 is 4.90 Å². The Hall–Kier alpha value is -8.52. The average Bonchev–Trinajstić information content (AvgIpc) is 3.99. The predicted molar refractivity (Wildman–Crippen MR) is 291 cm³/mol. The molecule has 0 radical (unpaired) electrons. The first-order chi connectivity index (χ1) is 34.5. The first-order valence-corrected chi connectivity index (χ1v) is 24.7. The van der Waals surface area contributed by atoms with Crippen LogP contribution in [0.5, 0.6) is 0 Å². The molecule has 0 fully saturated rings. The van der Waals surface area contributed by atoms with Gasteiger partial charge >= 0.3 is 0 Å². The number of fused-ring (bicyclic) bond motifs is 11. The Kier molecular flexibility index (Phi) is 8.83. The van der Waals surface area contributed by atoms with Crippen LogP contribution in [-0.2, 0) is 16.2 Å². The van der Waals surface area contributed by atoms with Gasteiger partial charge in [-0.3, -0.25) is 0 Å². The Morgan fingerprint density at radius 1 is 0.300 bits per heavy atom. The third kappa shape index (κ3) is 5.43. The van der Waals surface area contributed by atoms with Gasteiger partial charge in [-0.2, -0.15) is 0 Å². The molecule has 0 unspecified atom stereocenters. The standard InChI is InChI=1S/C69H49N/c1-67(2)59-36-20-19-35-58(59)65-64(43-46-23-15-16-32-53(46)66(65)67)70(51-39-41-56-54-33-17-21-37-60(54)68(62(56)44-51,47-24-7-3-8-25-47)48-26-9-4-10-27-48)52-40-42-57-55-34-18-22-38-61(55)69(63(57)45-52,49-28-11-5-12-29-49)50-30-13-6-14-31-50/h3-45H,1-2H3. The monoisotopic (exact) mass is 891 g/mol. The molecule has 0 aliphatic heterocycles. The fourth-order valence-electron chi connectivity index (χ4n) is 13.4. The van der Waals surface area contributed by atoms with Crippen LogP contribution in [0.2, 0.25) is 0 Å². The summed E-state index contributed by atoms with van der Waals surface area (Å²) in [6.45, 7) is 4.83. The summed E-state index contributed by atoms with van der Waals surface area (Å²) in [5.74, 6) is 0. The number of hydrogen-bond acceptors (Lipinski definition) is 1. The average molecular weight is 892 g/mol. The molecule has 0 amide bonds. The van der Waals surface area contributed by atoms with E-state index in [-0.39, 0.29) is 5.41 Å². The van der Waals surface area contributed by atoms with Gasteiger partial charge in [0.05, 0.1) is 16.5 Å². The largest absolute Gasteiger partial charge is 0.310 e. The lowest BCUT2D eigenvalue weighted by atomic mass is 9.67. The van der Waals surface area contributed by atoms with Crippen molar-refractivity contribution in [3.05, 3.63) is 316 Å². The SMILES string of the molecule is CC1(C)c2ccccc2-c2c(N(c3ccc4c(c3)C(c3ccccc3)(c3ccccc3)c3ccccc3-4)c3ccc4c(c3)C(c3ccccc3)(c3ccccc3)c3ccccc3-4)cc3ccccc3c21. The molecular weight excluding hydrogens is 843 g/mol. The van der Waals surface area contributed by atoms with Crippen LogP contribution in [0, 0.1) is 0 Å². The molecule has 0 heterocycles. The van der Waals surface area contributed by atoms with Crippen molar-refractivity contribution in [2.24, 2.45) is 0 Å². The second-order valence-electron chi connectivity index (χ2n) is 19.9. The zero-order valence-electron chi connectivity index (χ0n) is 39.3. The summed E-state index contributed by atoms with van der Waals surface area (Å²) >= 11 is 0. The number of rotatable bonds is 7. The Bertz CT molecular complexity index is 3590. The summed E-state index contributed by atoms with van der Waals surface area (Å²) in [5.41, 5.74) is 22.6. The molecule has 330 valence electrons. The Morgan fingerprint density at radius 3 is 1.14 bits per heavy atom. The molecule has 1 heteroatoms. The van der Waals surface area contributed by atoms with Crippen molar-refractivity contribution in [2.45, 2.75) is 30.1 Å². The topological polar surface area (TPSA) is 3.24 Å². The lowest BCUT2D eigenvalue weighted by Gasteiger charge is -2.36. The highest BCUT2D eigenvalue weighted by atomic mass is 15.1. The van der Waals surface area contributed by atoms with E-state index in [1.165, 1.54) is 105 Å². The van der Waals surface area contributed by atoms with Crippen molar-refractivity contribution in [1.82, 2.24) is 0 Å². The number of hydrogen-bond donors (Lipinski definition) is 0. The number of benzene rings is 11. The molecule has 0 bridgehead atoms. The highest BCUT2D eigenvalue weighted by Gasteiger charge is 2.49. The molecule has 0 N–H and O–H groups in total. The van der Waals surface area contributed by atoms with Gasteiger partial charge in [0.1, 0.15) is 0 Å². The Balaban J connectivity index is 1.12. The van der Waals surface area contributed by atoms with Crippen molar-refractivity contribution >= 4 is 27.8 Å².